The third-order valence-electron chi connectivity index (χ3n) is 3.70. The van der Waals surface area contributed by atoms with E-state index in [1.807, 2.05) is 6.92 Å². The van der Waals surface area contributed by atoms with Gasteiger partial charge in [0.25, 0.3) is 0 Å². The summed E-state index contributed by atoms with van der Waals surface area (Å²) in [5.41, 5.74) is 0.566. The molecule has 0 unspecified atom stereocenters. The third-order valence-corrected chi connectivity index (χ3v) is 3.98. The molecule has 3 rings (SSSR count). The Morgan fingerprint density at radius 3 is 2.57 bits per heavy atom. The number of hydrogen-bond acceptors (Lipinski definition) is 2. The number of rotatable bonds is 3. The van der Waals surface area contributed by atoms with Gasteiger partial charge >= 0.3 is 0 Å². The first-order valence-corrected chi connectivity index (χ1v) is 5.64. The Labute approximate surface area is 88.5 Å². The van der Waals surface area contributed by atoms with Gasteiger partial charge in [-0.2, -0.15) is 0 Å². The smallest absolute Gasteiger partial charge is 0.225 e. The van der Waals surface area contributed by atoms with E-state index < -0.39 is 0 Å². The number of aromatic nitrogens is 3. The fourth-order valence-electron chi connectivity index (χ4n) is 2.40. The van der Waals surface area contributed by atoms with Crippen molar-refractivity contribution in [1.29, 1.82) is 0 Å². The molecule has 0 aromatic carbocycles. The quantitative estimate of drug-likeness (QED) is 0.769. The summed E-state index contributed by atoms with van der Waals surface area (Å²) in [6, 6.07) is 0. The fraction of sp³-hybridized carbons (Fsp3) is 0.800. The van der Waals surface area contributed by atoms with Crippen molar-refractivity contribution in [1.82, 2.24) is 14.8 Å². The Hall–Kier alpha value is -0.570. The van der Waals surface area contributed by atoms with Crippen LogP contribution in [0.1, 0.15) is 31.5 Å². The molecule has 1 aromatic rings. The lowest BCUT2D eigenvalue weighted by molar-refractivity contribution is 0.366. The van der Waals surface area contributed by atoms with Crippen LogP contribution in [0.2, 0.25) is 5.28 Å². The van der Waals surface area contributed by atoms with Crippen LogP contribution in [-0.2, 0) is 6.54 Å². The Balaban J connectivity index is 1.83. The monoisotopic (exact) mass is 211 g/mol. The van der Waals surface area contributed by atoms with Crippen molar-refractivity contribution in [3.63, 3.8) is 0 Å². The van der Waals surface area contributed by atoms with Gasteiger partial charge in [-0.1, -0.05) is 0 Å². The summed E-state index contributed by atoms with van der Waals surface area (Å²) < 4.78 is 2.06. The topological polar surface area (TPSA) is 30.7 Å². The minimum absolute atomic E-state index is 0.550. The van der Waals surface area contributed by atoms with Gasteiger partial charge < -0.3 is 4.57 Å². The Morgan fingerprint density at radius 1 is 1.43 bits per heavy atom. The summed E-state index contributed by atoms with van der Waals surface area (Å²) >= 11 is 5.99. The molecule has 1 aromatic heterocycles. The zero-order valence-electron chi connectivity index (χ0n) is 8.33. The molecule has 14 heavy (non-hydrogen) atoms. The maximum Gasteiger partial charge on any atom is 0.225 e. The van der Waals surface area contributed by atoms with Gasteiger partial charge in [0, 0.05) is 6.54 Å². The van der Waals surface area contributed by atoms with E-state index in [0.717, 1.165) is 18.3 Å². The summed E-state index contributed by atoms with van der Waals surface area (Å²) in [5.74, 6) is 1.90. The zero-order valence-corrected chi connectivity index (χ0v) is 9.09. The minimum atomic E-state index is 0.550. The Bertz CT molecular complexity index is 344. The molecular formula is C10H14ClN3. The predicted molar refractivity (Wildman–Crippen MR) is 54.2 cm³/mol. The number of halogens is 1. The van der Waals surface area contributed by atoms with Crippen molar-refractivity contribution in [2.75, 3.05) is 0 Å². The second kappa shape index (κ2) is 2.72. The van der Waals surface area contributed by atoms with E-state index >= 15 is 0 Å². The van der Waals surface area contributed by atoms with Gasteiger partial charge in [0.15, 0.2) is 0 Å². The van der Waals surface area contributed by atoms with Crippen molar-refractivity contribution in [2.45, 2.75) is 39.2 Å². The molecule has 2 aliphatic carbocycles. The lowest BCUT2D eigenvalue weighted by Gasteiger charge is -2.15. The van der Waals surface area contributed by atoms with Crippen LogP contribution in [0.4, 0.5) is 0 Å². The third kappa shape index (κ3) is 1.26. The van der Waals surface area contributed by atoms with E-state index in [2.05, 4.69) is 14.8 Å². The van der Waals surface area contributed by atoms with Gasteiger partial charge in [-0.25, -0.2) is 0 Å². The summed E-state index contributed by atoms with van der Waals surface area (Å²) in [6.45, 7) is 3.01. The lowest BCUT2D eigenvalue weighted by Crippen LogP contribution is -2.15. The molecule has 4 heteroatoms. The molecule has 0 atom stereocenters. The molecule has 0 N–H and O–H groups in total. The molecular weight excluding hydrogens is 198 g/mol. The highest BCUT2D eigenvalue weighted by Crippen LogP contribution is 2.62. The van der Waals surface area contributed by atoms with Crippen LogP contribution < -0.4 is 0 Å². The van der Waals surface area contributed by atoms with Gasteiger partial charge in [-0.05, 0) is 55.5 Å². The van der Waals surface area contributed by atoms with Crippen LogP contribution >= 0.6 is 11.6 Å². The molecule has 2 aliphatic rings. The van der Waals surface area contributed by atoms with Crippen LogP contribution in [0.15, 0.2) is 0 Å². The molecule has 76 valence electrons. The van der Waals surface area contributed by atoms with E-state index in [-0.39, 0.29) is 0 Å². The van der Waals surface area contributed by atoms with Crippen LogP contribution in [0.25, 0.3) is 0 Å². The molecule has 2 fully saturated rings. The number of nitrogens with zero attached hydrogens (tertiary/aromatic N) is 3. The van der Waals surface area contributed by atoms with Crippen LogP contribution in [0, 0.1) is 18.3 Å². The van der Waals surface area contributed by atoms with E-state index in [9.17, 15) is 0 Å². The van der Waals surface area contributed by atoms with Crippen LogP contribution in [-0.4, -0.2) is 14.8 Å². The van der Waals surface area contributed by atoms with E-state index in [4.69, 9.17) is 11.6 Å². The van der Waals surface area contributed by atoms with Gasteiger partial charge in [0.2, 0.25) is 5.28 Å². The molecule has 1 heterocycles. The zero-order chi connectivity index (χ0) is 9.76. The highest BCUT2D eigenvalue weighted by atomic mass is 35.5. The number of hydrogen-bond donors (Lipinski definition) is 0. The van der Waals surface area contributed by atoms with Crippen molar-refractivity contribution < 1.29 is 0 Å². The second-order valence-corrected chi connectivity index (χ2v) is 5.08. The molecule has 0 aliphatic heterocycles. The maximum atomic E-state index is 5.99. The Kier molecular flexibility index (Phi) is 1.69. The van der Waals surface area contributed by atoms with Crippen molar-refractivity contribution >= 4 is 11.6 Å². The molecule has 0 spiro atoms. The van der Waals surface area contributed by atoms with Crippen molar-refractivity contribution in [3.05, 3.63) is 11.1 Å². The summed E-state index contributed by atoms with van der Waals surface area (Å²) in [6.07, 6.45) is 5.56. The summed E-state index contributed by atoms with van der Waals surface area (Å²) in [4.78, 5) is 0. The highest BCUT2D eigenvalue weighted by molar-refractivity contribution is 6.28. The SMILES string of the molecule is Cc1nnc(Cl)n1CC1(C2CC2)CC1. The number of aryl methyl sites for hydroxylation is 1. The van der Waals surface area contributed by atoms with Crippen LogP contribution in [0.3, 0.4) is 0 Å². The van der Waals surface area contributed by atoms with Gasteiger partial charge in [0.05, 0.1) is 0 Å². The largest absolute Gasteiger partial charge is 0.301 e. The Morgan fingerprint density at radius 2 is 2.14 bits per heavy atom. The van der Waals surface area contributed by atoms with Crippen molar-refractivity contribution in [2.24, 2.45) is 11.3 Å². The van der Waals surface area contributed by atoms with Gasteiger partial charge in [0.1, 0.15) is 5.82 Å². The van der Waals surface area contributed by atoms with Gasteiger partial charge in [-0.3, -0.25) is 0 Å². The van der Waals surface area contributed by atoms with E-state index in [1.54, 1.807) is 0 Å². The molecule has 3 nitrogen and oxygen atoms in total. The standard InChI is InChI=1S/C10H14ClN3/c1-7-12-13-9(11)14(7)6-10(4-5-10)8-2-3-8/h8H,2-6H2,1H3. The first kappa shape index (κ1) is 8.72. The minimum Gasteiger partial charge on any atom is -0.301 e. The average molecular weight is 212 g/mol. The predicted octanol–water partition coefficient (Wildman–Crippen LogP) is 2.43. The first-order valence-electron chi connectivity index (χ1n) is 5.27. The fourth-order valence-corrected chi connectivity index (χ4v) is 2.62. The molecule has 0 saturated heterocycles. The van der Waals surface area contributed by atoms with Gasteiger partial charge in [-0.15, -0.1) is 10.2 Å². The highest BCUT2D eigenvalue weighted by Gasteiger charge is 2.54. The molecule has 0 amide bonds. The molecule has 2 saturated carbocycles. The average Bonchev–Trinajstić information content (AvgIpc) is 3.00. The lowest BCUT2D eigenvalue weighted by atomic mass is 10.0. The molecule has 0 bridgehead atoms. The normalized spacial score (nSPS) is 23.9. The van der Waals surface area contributed by atoms with E-state index in [1.165, 1.54) is 25.7 Å². The second-order valence-electron chi connectivity index (χ2n) is 4.74. The summed E-state index contributed by atoms with van der Waals surface area (Å²) in [7, 11) is 0. The summed E-state index contributed by atoms with van der Waals surface area (Å²) in [5, 5.41) is 8.43. The van der Waals surface area contributed by atoms with Crippen LogP contribution in [0.5, 0.6) is 0 Å². The maximum absolute atomic E-state index is 5.99. The first-order chi connectivity index (χ1) is 6.71. The van der Waals surface area contributed by atoms with E-state index in [0.29, 0.717) is 10.7 Å². The van der Waals surface area contributed by atoms with Crippen molar-refractivity contribution in [3.8, 4) is 0 Å². The molecule has 0 radical (unpaired) electrons.